The summed E-state index contributed by atoms with van der Waals surface area (Å²) in [6, 6.07) is 6.45. The van der Waals surface area contributed by atoms with Crippen molar-refractivity contribution in [3.63, 3.8) is 0 Å². The maximum atomic E-state index is 13.7. The summed E-state index contributed by atoms with van der Waals surface area (Å²) in [6.07, 6.45) is 7.13. The van der Waals surface area contributed by atoms with E-state index in [0.29, 0.717) is 25.7 Å². The predicted octanol–water partition coefficient (Wildman–Crippen LogP) is 3.79. The first-order chi connectivity index (χ1) is 12.0. The minimum absolute atomic E-state index is 0.0171. The third-order valence-electron chi connectivity index (χ3n) is 5.93. The summed E-state index contributed by atoms with van der Waals surface area (Å²) in [7, 11) is 0. The van der Waals surface area contributed by atoms with E-state index >= 15 is 0 Å². The Labute approximate surface area is 147 Å². The van der Waals surface area contributed by atoms with Crippen molar-refractivity contribution < 1.29 is 19.1 Å². The van der Waals surface area contributed by atoms with Gasteiger partial charge in [0.2, 0.25) is 5.91 Å². The lowest BCUT2D eigenvalue weighted by atomic mass is 9.68. The maximum absolute atomic E-state index is 13.7. The second kappa shape index (κ2) is 7.54. The van der Waals surface area contributed by atoms with Gasteiger partial charge in [-0.3, -0.25) is 9.59 Å². The Kier molecular flexibility index (Phi) is 5.40. The summed E-state index contributed by atoms with van der Waals surface area (Å²) < 4.78 is 13.7. The molecule has 0 radical (unpaired) electrons. The van der Waals surface area contributed by atoms with Crippen LogP contribution in [-0.2, 0) is 15.0 Å². The zero-order chi connectivity index (χ0) is 17.9. The van der Waals surface area contributed by atoms with Gasteiger partial charge in [-0.05, 0) is 56.2 Å². The summed E-state index contributed by atoms with van der Waals surface area (Å²) in [5.41, 5.74) is 0.119. The molecule has 4 nitrogen and oxygen atoms in total. The van der Waals surface area contributed by atoms with Crippen molar-refractivity contribution in [3.8, 4) is 0 Å². The summed E-state index contributed by atoms with van der Waals surface area (Å²) in [5.74, 6) is -1.36. The largest absolute Gasteiger partial charge is 0.481 e. The SMILES string of the molecule is O=C(O)C1CCC(NC(=O)C2(c3cccc(F)c3)CCCCC2)CC1. The number of nitrogens with one attached hydrogen (secondary N) is 1. The first-order valence-corrected chi connectivity index (χ1v) is 9.31. The van der Waals surface area contributed by atoms with Crippen molar-refractivity contribution in [2.24, 2.45) is 5.92 Å². The highest BCUT2D eigenvalue weighted by molar-refractivity contribution is 5.88. The number of halogens is 1. The molecule has 2 aliphatic carbocycles. The van der Waals surface area contributed by atoms with Gasteiger partial charge >= 0.3 is 5.97 Å². The van der Waals surface area contributed by atoms with Crippen molar-refractivity contribution in [1.29, 1.82) is 0 Å². The van der Waals surface area contributed by atoms with Crippen molar-refractivity contribution >= 4 is 11.9 Å². The van der Waals surface area contributed by atoms with Gasteiger partial charge in [-0.15, -0.1) is 0 Å². The lowest BCUT2D eigenvalue weighted by molar-refractivity contribution is -0.142. The number of carboxylic acids is 1. The minimum Gasteiger partial charge on any atom is -0.481 e. The van der Waals surface area contributed by atoms with Crippen LogP contribution in [0.3, 0.4) is 0 Å². The van der Waals surface area contributed by atoms with Gasteiger partial charge in [0.25, 0.3) is 0 Å². The lowest BCUT2D eigenvalue weighted by Crippen LogP contribution is -2.50. The number of carbonyl (C=O) groups is 2. The molecule has 1 aromatic rings. The molecule has 0 aromatic heterocycles. The van der Waals surface area contributed by atoms with Crippen LogP contribution >= 0.6 is 0 Å². The van der Waals surface area contributed by atoms with Gasteiger partial charge in [0.1, 0.15) is 5.82 Å². The number of aliphatic carboxylic acids is 1. The standard InChI is InChI=1S/C20H26FNO3/c21-16-6-4-5-15(13-16)20(11-2-1-3-12-20)19(25)22-17-9-7-14(8-10-17)18(23)24/h4-6,13-14,17H,1-3,7-12H2,(H,22,25)(H,23,24). The Hall–Kier alpha value is -1.91. The van der Waals surface area contributed by atoms with E-state index in [1.165, 1.54) is 12.1 Å². The molecule has 25 heavy (non-hydrogen) atoms. The van der Waals surface area contributed by atoms with Gasteiger partial charge in [-0.25, -0.2) is 4.39 Å². The number of benzene rings is 1. The maximum Gasteiger partial charge on any atom is 0.306 e. The highest BCUT2D eigenvalue weighted by atomic mass is 19.1. The highest BCUT2D eigenvalue weighted by Gasteiger charge is 2.42. The summed E-state index contributed by atoms with van der Waals surface area (Å²) in [5, 5.41) is 12.3. The van der Waals surface area contributed by atoms with E-state index in [1.54, 1.807) is 6.07 Å². The zero-order valence-electron chi connectivity index (χ0n) is 14.5. The molecule has 0 spiro atoms. The Bertz CT molecular complexity index is 632. The van der Waals surface area contributed by atoms with Crippen LogP contribution in [0.4, 0.5) is 4.39 Å². The van der Waals surface area contributed by atoms with Crippen molar-refractivity contribution in [1.82, 2.24) is 5.32 Å². The van der Waals surface area contributed by atoms with E-state index in [4.69, 9.17) is 5.11 Å². The molecule has 2 saturated carbocycles. The van der Waals surface area contributed by atoms with E-state index in [1.807, 2.05) is 6.07 Å². The molecule has 0 bridgehead atoms. The number of hydrogen-bond acceptors (Lipinski definition) is 2. The molecule has 0 atom stereocenters. The van der Waals surface area contributed by atoms with Crippen LogP contribution in [0.25, 0.3) is 0 Å². The molecule has 2 aliphatic rings. The fourth-order valence-electron chi connectivity index (χ4n) is 4.40. The summed E-state index contributed by atoms with van der Waals surface area (Å²) >= 11 is 0. The first-order valence-electron chi connectivity index (χ1n) is 9.31. The molecule has 5 heteroatoms. The second-order valence-electron chi connectivity index (χ2n) is 7.51. The van der Waals surface area contributed by atoms with E-state index < -0.39 is 11.4 Å². The zero-order valence-corrected chi connectivity index (χ0v) is 14.5. The van der Waals surface area contributed by atoms with Crippen LogP contribution in [0.2, 0.25) is 0 Å². The number of carboxylic acid groups (broad SMARTS) is 1. The molecular formula is C20H26FNO3. The van der Waals surface area contributed by atoms with E-state index in [9.17, 15) is 14.0 Å². The van der Waals surface area contributed by atoms with Crippen molar-refractivity contribution in [3.05, 3.63) is 35.6 Å². The number of hydrogen-bond donors (Lipinski definition) is 2. The fraction of sp³-hybridized carbons (Fsp3) is 0.600. The molecular weight excluding hydrogens is 321 g/mol. The lowest BCUT2D eigenvalue weighted by Gasteiger charge is -2.38. The van der Waals surface area contributed by atoms with Crippen LogP contribution in [0.1, 0.15) is 63.4 Å². The Morgan fingerprint density at radius 2 is 1.76 bits per heavy atom. The smallest absolute Gasteiger partial charge is 0.306 e. The predicted molar refractivity (Wildman–Crippen MR) is 92.7 cm³/mol. The van der Waals surface area contributed by atoms with Gasteiger partial charge in [0.15, 0.2) is 0 Å². The summed E-state index contributed by atoms with van der Waals surface area (Å²) in [6.45, 7) is 0. The topological polar surface area (TPSA) is 66.4 Å². The number of carbonyl (C=O) groups excluding carboxylic acids is 1. The quantitative estimate of drug-likeness (QED) is 0.871. The minimum atomic E-state index is -0.742. The van der Waals surface area contributed by atoms with E-state index in [-0.39, 0.29) is 23.7 Å². The molecule has 1 aromatic carbocycles. The van der Waals surface area contributed by atoms with Gasteiger partial charge in [0.05, 0.1) is 11.3 Å². The Balaban J connectivity index is 1.73. The van der Waals surface area contributed by atoms with Crippen LogP contribution in [0, 0.1) is 11.7 Å². The monoisotopic (exact) mass is 347 g/mol. The third kappa shape index (κ3) is 3.86. The normalized spacial score (nSPS) is 26.0. The van der Waals surface area contributed by atoms with Crippen LogP contribution in [0.5, 0.6) is 0 Å². The molecule has 136 valence electrons. The molecule has 0 unspecified atom stereocenters. The van der Waals surface area contributed by atoms with Crippen LogP contribution in [-0.4, -0.2) is 23.0 Å². The number of amides is 1. The van der Waals surface area contributed by atoms with E-state index in [2.05, 4.69) is 5.32 Å². The average molecular weight is 347 g/mol. The number of rotatable bonds is 4. The van der Waals surface area contributed by atoms with Gasteiger partial charge in [0, 0.05) is 6.04 Å². The van der Waals surface area contributed by atoms with Crippen LogP contribution < -0.4 is 5.32 Å². The van der Waals surface area contributed by atoms with E-state index in [0.717, 1.165) is 37.7 Å². The molecule has 2 N–H and O–H groups in total. The van der Waals surface area contributed by atoms with Gasteiger partial charge in [-0.2, -0.15) is 0 Å². The second-order valence-corrected chi connectivity index (χ2v) is 7.51. The Morgan fingerprint density at radius 3 is 2.36 bits per heavy atom. The van der Waals surface area contributed by atoms with Gasteiger partial charge < -0.3 is 10.4 Å². The first kappa shape index (κ1) is 17.9. The average Bonchev–Trinajstić information content (AvgIpc) is 2.62. The Morgan fingerprint density at radius 1 is 1.08 bits per heavy atom. The summed E-state index contributed by atoms with van der Waals surface area (Å²) in [4.78, 5) is 24.2. The molecule has 1 amide bonds. The third-order valence-corrected chi connectivity index (χ3v) is 5.93. The molecule has 0 saturated heterocycles. The molecule has 2 fully saturated rings. The molecule has 0 heterocycles. The molecule has 3 rings (SSSR count). The fourth-order valence-corrected chi connectivity index (χ4v) is 4.40. The van der Waals surface area contributed by atoms with Crippen LogP contribution in [0.15, 0.2) is 24.3 Å². The van der Waals surface area contributed by atoms with Crippen molar-refractivity contribution in [2.45, 2.75) is 69.2 Å². The van der Waals surface area contributed by atoms with Gasteiger partial charge in [-0.1, -0.05) is 31.4 Å². The highest BCUT2D eigenvalue weighted by Crippen LogP contribution is 2.40. The van der Waals surface area contributed by atoms with Crippen molar-refractivity contribution in [2.75, 3.05) is 0 Å². The molecule has 0 aliphatic heterocycles.